The molecule has 3 aromatic carbocycles. The number of aromatic nitrogens is 1. The van der Waals surface area contributed by atoms with Gasteiger partial charge in [-0.2, -0.15) is 8.78 Å². The first-order chi connectivity index (χ1) is 17.1. The van der Waals surface area contributed by atoms with Gasteiger partial charge < -0.3 is 9.72 Å². The number of nitrogens with zero attached hydrogens (tertiary/aromatic N) is 1. The molecule has 0 aliphatic rings. The monoisotopic (exact) mass is 490 g/mol. The Hall–Kier alpha value is -3.51. The molecule has 36 heavy (non-hydrogen) atoms. The van der Waals surface area contributed by atoms with Gasteiger partial charge in [0.25, 0.3) is 5.56 Å². The summed E-state index contributed by atoms with van der Waals surface area (Å²) in [6.45, 7) is 7.34. The van der Waals surface area contributed by atoms with Crippen LogP contribution in [0, 0.1) is 6.92 Å². The van der Waals surface area contributed by atoms with Crippen LogP contribution in [0.1, 0.15) is 48.6 Å². The first-order valence-electron chi connectivity index (χ1n) is 12.0. The summed E-state index contributed by atoms with van der Waals surface area (Å²) in [5.41, 5.74) is 5.91. The Labute approximate surface area is 210 Å². The molecule has 0 bridgehead atoms. The zero-order valence-corrected chi connectivity index (χ0v) is 21.1. The van der Waals surface area contributed by atoms with Crippen molar-refractivity contribution in [1.29, 1.82) is 0 Å². The number of alkyl halides is 2. The van der Waals surface area contributed by atoms with E-state index in [0.29, 0.717) is 25.2 Å². The highest BCUT2D eigenvalue weighted by Crippen LogP contribution is 2.24. The highest BCUT2D eigenvalue weighted by atomic mass is 19.3. The van der Waals surface area contributed by atoms with Crippen LogP contribution in [0.2, 0.25) is 0 Å². The summed E-state index contributed by atoms with van der Waals surface area (Å²) in [4.78, 5) is 18.1. The molecule has 1 aromatic heterocycles. The maximum absolute atomic E-state index is 12.9. The fourth-order valence-corrected chi connectivity index (χ4v) is 4.30. The van der Waals surface area contributed by atoms with Gasteiger partial charge in [-0.25, -0.2) is 0 Å². The molecule has 0 aliphatic heterocycles. The summed E-state index contributed by atoms with van der Waals surface area (Å²) in [7, 11) is 0. The second-order valence-corrected chi connectivity index (χ2v) is 10.3. The number of ether oxygens (including phenoxy) is 1. The van der Waals surface area contributed by atoms with E-state index < -0.39 is 6.61 Å². The molecule has 1 N–H and O–H groups in total. The number of nitrogens with one attached hydrogen (secondary N) is 1. The summed E-state index contributed by atoms with van der Waals surface area (Å²) >= 11 is 0. The normalized spacial score (nSPS) is 12.0. The van der Waals surface area contributed by atoms with Gasteiger partial charge >= 0.3 is 6.61 Å². The molecular weight excluding hydrogens is 458 g/mol. The maximum Gasteiger partial charge on any atom is 0.387 e. The quantitative estimate of drug-likeness (QED) is 0.291. The lowest BCUT2D eigenvalue weighted by Gasteiger charge is -2.24. The molecule has 0 radical (unpaired) electrons. The first kappa shape index (κ1) is 25.6. The third kappa shape index (κ3) is 6.58. The van der Waals surface area contributed by atoms with Crippen LogP contribution in [0.4, 0.5) is 8.78 Å². The Morgan fingerprint density at radius 3 is 2.06 bits per heavy atom. The van der Waals surface area contributed by atoms with Gasteiger partial charge in [0.05, 0.1) is 0 Å². The molecule has 4 nitrogen and oxygen atoms in total. The molecule has 0 aliphatic carbocycles. The van der Waals surface area contributed by atoms with Gasteiger partial charge in [-0.15, -0.1) is 0 Å². The van der Waals surface area contributed by atoms with Crippen molar-refractivity contribution >= 4 is 10.9 Å². The van der Waals surface area contributed by atoms with Crippen molar-refractivity contribution < 1.29 is 13.5 Å². The summed E-state index contributed by atoms with van der Waals surface area (Å²) < 4.78 is 29.5. The standard InChI is InChI=1S/C30H32F2N2O2/c1-20-5-14-27-23(15-20)16-24(28(35)33-27)19-34(17-21-6-10-25(11-7-21)30(2,3)4)18-22-8-12-26(13-9-22)36-29(31)32/h5-16,29H,17-19H2,1-4H3,(H,33,35). The second-order valence-electron chi connectivity index (χ2n) is 10.3. The highest BCUT2D eigenvalue weighted by Gasteiger charge is 2.15. The van der Waals surface area contributed by atoms with Gasteiger partial charge in [0.2, 0.25) is 0 Å². The molecule has 6 heteroatoms. The molecule has 1 heterocycles. The number of aryl methyl sites for hydroxylation is 1. The molecule has 0 fully saturated rings. The maximum atomic E-state index is 12.9. The van der Waals surface area contributed by atoms with Crippen LogP contribution in [0.3, 0.4) is 0 Å². The lowest BCUT2D eigenvalue weighted by Crippen LogP contribution is -2.26. The van der Waals surface area contributed by atoms with E-state index in [9.17, 15) is 13.6 Å². The van der Waals surface area contributed by atoms with Crippen molar-refractivity contribution in [3.8, 4) is 5.75 Å². The number of aromatic amines is 1. The van der Waals surface area contributed by atoms with Crippen molar-refractivity contribution in [1.82, 2.24) is 9.88 Å². The Bertz CT molecular complexity index is 1370. The van der Waals surface area contributed by atoms with Crippen LogP contribution in [0.5, 0.6) is 5.75 Å². The summed E-state index contributed by atoms with van der Waals surface area (Å²) in [5, 5.41) is 0.993. The van der Waals surface area contributed by atoms with Gasteiger partial charge in [0, 0.05) is 30.7 Å². The minimum atomic E-state index is -2.85. The number of benzene rings is 3. The average molecular weight is 491 g/mol. The van der Waals surface area contributed by atoms with E-state index in [-0.39, 0.29) is 16.7 Å². The minimum Gasteiger partial charge on any atom is -0.435 e. The third-order valence-corrected chi connectivity index (χ3v) is 6.25. The predicted molar refractivity (Wildman–Crippen MR) is 140 cm³/mol. The smallest absolute Gasteiger partial charge is 0.387 e. The van der Waals surface area contributed by atoms with Crippen LogP contribution >= 0.6 is 0 Å². The number of halogens is 2. The number of rotatable bonds is 8. The molecule has 0 spiro atoms. The van der Waals surface area contributed by atoms with Crippen molar-refractivity contribution in [2.24, 2.45) is 0 Å². The Balaban J connectivity index is 1.61. The number of hydrogen-bond acceptors (Lipinski definition) is 3. The third-order valence-electron chi connectivity index (χ3n) is 6.25. The van der Waals surface area contributed by atoms with Gasteiger partial charge in [0.15, 0.2) is 0 Å². The summed E-state index contributed by atoms with van der Waals surface area (Å²) in [6.07, 6.45) is 0. The van der Waals surface area contributed by atoms with E-state index in [1.807, 2.05) is 25.1 Å². The van der Waals surface area contributed by atoms with Gasteiger partial charge in [-0.05, 0) is 64.7 Å². The fourth-order valence-electron chi connectivity index (χ4n) is 4.30. The van der Waals surface area contributed by atoms with Crippen molar-refractivity contribution in [2.75, 3.05) is 0 Å². The minimum absolute atomic E-state index is 0.0663. The molecule has 0 unspecified atom stereocenters. The van der Waals surface area contributed by atoms with Gasteiger partial charge in [-0.1, -0.05) is 68.8 Å². The molecule has 4 rings (SSSR count). The Kier molecular flexibility index (Phi) is 7.55. The lowest BCUT2D eigenvalue weighted by molar-refractivity contribution is -0.0498. The SMILES string of the molecule is Cc1ccc2[nH]c(=O)c(CN(Cc3ccc(OC(F)F)cc3)Cc3ccc(C(C)(C)C)cc3)cc2c1. The average Bonchev–Trinajstić information content (AvgIpc) is 2.80. The van der Waals surface area contributed by atoms with E-state index in [4.69, 9.17) is 0 Å². The van der Waals surface area contributed by atoms with Gasteiger partial charge in [0.1, 0.15) is 5.75 Å². The first-order valence-corrected chi connectivity index (χ1v) is 12.0. The van der Waals surface area contributed by atoms with Crippen LogP contribution in [0.15, 0.2) is 77.6 Å². The van der Waals surface area contributed by atoms with E-state index in [2.05, 4.69) is 65.7 Å². The van der Waals surface area contributed by atoms with Crippen LogP contribution in [-0.4, -0.2) is 16.5 Å². The summed E-state index contributed by atoms with van der Waals surface area (Å²) in [5.74, 6) is 0.124. The zero-order chi connectivity index (χ0) is 25.9. The molecule has 0 atom stereocenters. The molecule has 4 aromatic rings. The largest absolute Gasteiger partial charge is 0.435 e. The van der Waals surface area contributed by atoms with E-state index in [1.54, 1.807) is 24.3 Å². The number of H-pyrrole nitrogens is 1. The van der Waals surface area contributed by atoms with Crippen LogP contribution in [0.25, 0.3) is 10.9 Å². The van der Waals surface area contributed by atoms with Crippen LogP contribution in [-0.2, 0) is 25.0 Å². The van der Waals surface area contributed by atoms with E-state index in [1.165, 1.54) is 5.56 Å². The van der Waals surface area contributed by atoms with Crippen molar-refractivity contribution in [3.05, 3.63) is 111 Å². The lowest BCUT2D eigenvalue weighted by atomic mass is 9.87. The van der Waals surface area contributed by atoms with Crippen molar-refractivity contribution in [3.63, 3.8) is 0 Å². The molecule has 0 saturated heterocycles. The predicted octanol–water partition coefficient (Wildman–Crippen LogP) is 6.94. The highest BCUT2D eigenvalue weighted by molar-refractivity contribution is 5.79. The molecular formula is C30H32F2N2O2. The number of fused-ring (bicyclic) bond motifs is 1. The molecule has 188 valence electrons. The van der Waals surface area contributed by atoms with Crippen LogP contribution < -0.4 is 10.3 Å². The molecule has 0 saturated carbocycles. The molecule has 0 amide bonds. The Morgan fingerprint density at radius 2 is 1.47 bits per heavy atom. The van der Waals surface area contributed by atoms with Crippen molar-refractivity contribution in [2.45, 2.75) is 59.4 Å². The number of pyridine rings is 1. The van der Waals surface area contributed by atoms with E-state index in [0.717, 1.165) is 27.6 Å². The summed E-state index contributed by atoms with van der Waals surface area (Å²) in [6, 6.07) is 23.1. The zero-order valence-electron chi connectivity index (χ0n) is 21.1. The number of hydrogen-bond donors (Lipinski definition) is 1. The second kappa shape index (κ2) is 10.6. The van der Waals surface area contributed by atoms with Gasteiger partial charge in [-0.3, -0.25) is 9.69 Å². The van der Waals surface area contributed by atoms with E-state index >= 15 is 0 Å². The fraction of sp³-hybridized carbons (Fsp3) is 0.300. The Morgan fingerprint density at radius 1 is 0.861 bits per heavy atom. The topological polar surface area (TPSA) is 45.3 Å².